The van der Waals surface area contributed by atoms with Gasteiger partial charge in [0, 0.05) is 48.6 Å². The number of Topliss-reactive ketones (excluding diaryl/α,β-unsaturated/α-hetero) is 1. The summed E-state index contributed by atoms with van der Waals surface area (Å²) in [7, 11) is 0. The minimum absolute atomic E-state index is 0.0325. The number of hydrogen-bond donors (Lipinski definition) is 2. The molecule has 0 radical (unpaired) electrons. The van der Waals surface area contributed by atoms with E-state index in [4.69, 9.17) is 49.9 Å². The van der Waals surface area contributed by atoms with Gasteiger partial charge in [-0.2, -0.15) is 5.26 Å². The van der Waals surface area contributed by atoms with Crippen LogP contribution < -0.4 is 5.32 Å². The molecule has 5 aromatic heterocycles. The largest absolute Gasteiger partial charge is 0.396 e. The smallest absolute Gasteiger partial charge is 0.261 e. The number of rotatable bonds is 42. The minimum atomic E-state index is -0.750. The summed E-state index contributed by atoms with van der Waals surface area (Å²) in [5, 5.41) is 30.1. The summed E-state index contributed by atoms with van der Waals surface area (Å²) in [4.78, 5) is 62.7. The van der Waals surface area contributed by atoms with Crippen molar-refractivity contribution in [1.29, 1.82) is 5.26 Å². The summed E-state index contributed by atoms with van der Waals surface area (Å²) in [5.41, 5.74) is 5.72. The zero-order valence-corrected chi connectivity index (χ0v) is 73.9. The molecule has 0 aromatic carbocycles. The molecule has 4 unspecified atom stereocenters. The number of nitriles is 1. The van der Waals surface area contributed by atoms with Crippen molar-refractivity contribution in [3.63, 3.8) is 0 Å². The van der Waals surface area contributed by atoms with Crippen molar-refractivity contribution >= 4 is 160 Å². The number of nitrogens with one attached hydrogen (secondary N) is 1. The Kier molecular flexibility index (Phi) is 52.3. The molecule has 0 saturated carbocycles. The fraction of sp³-hybridized carbons (Fsp3) is 0.621. The summed E-state index contributed by atoms with van der Waals surface area (Å²) in [5.74, 6) is 2.43. The Morgan fingerprint density at radius 3 is 1.17 bits per heavy atom. The molecular weight excluding hydrogens is 1590 g/mol. The summed E-state index contributed by atoms with van der Waals surface area (Å²) >= 11 is 24.8. The third-order valence-corrected chi connectivity index (χ3v) is 25.3. The van der Waals surface area contributed by atoms with Gasteiger partial charge < -0.3 is 25.0 Å². The van der Waals surface area contributed by atoms with Gasteiger partial charge in [-0.1, -0.05) is 297 Å². The van der Waals surface area contributed by atoms with Crippen LogP contribution in [0.25, 0.3) is 22.7 Å². The monoisotopic (exact) mass is 1720 g/mol. The van der Waals surface area contributed by atoms with E-state index in [0.29, 0.717) is 71.9 Å². The number of hydrogen-bond acceptors (Lipinski definition) is 12. The number of carbonyl (C=O) groups is 4. The summed E-state index contributed by atoms with van der Waals surface area (Å²) in [6.45, 7) is 21.8. The van der Waals surface area contributed by atoms with Crippen LogP contribution in [0, 0.1) is 35.0 Å². The highest BCUT2D eigenvalue weighted by atomic mass is 127. The van der Waals surface area contributed by atoms with Gasteiger partial charge in [-0.3, -0.25) is 19.2 Å². The number of unbranched alkanes of at least 4 members (excludes halogenated alkanes) is 16. The van der Waals surface area contributed by atoms with E-state index in [1.165, 1.54) is 207 Å². The second kappa shape index (κ2) is 58.4. The van der Waals surface area contributed by atoms with E-state index in [1.807, 2.05) is 74.5 Å². The summed E-state index contributed by atoms with van der Waals surface area (Å²) in [6.07, 6.45) is 43.8. The van der Waals surface area contributed by atoms with Gasteiger partial charge in [0.2, 0.25) is 0 Å². The molecule has 2 N–H and O–H groups in total. The maximum atomic E-state index is 14.6. The maximum absolute atomic E-state index is 14.6. The molecule has 5 aromatic rings. The highest BCUT2D eigenvalue weighted by Crippen LogP contribution is 2.50. The standard InChI is InChI=1S/C38H56N2O2S2.C15H9NO2S2.C12H25I.C12H26O.C5H3NS.C4H8O.CHCl3/c1-5-9-13-15-21-29(19-11-7-3)27-39-35(31-23-17-25-43-31)33-34(37(39)41)36(32-24-18-26-44-32)40(38(33)42)28-30(20-12-8-4)22-16-14-10-6-2;17-9-7-8(10-3-1-5-19-10)12-13(9)14(16-15(12)18)11-4-2-6-20-11;2*1-3-5-7-8-10-12(11-13)9-6-4-2;6-4-5-2-1-3-7-5;1-2-4-5-3-1;2-1(3)4/h17-18,23-26,29-30H,5-16,19-22,27-28H2,1-4H3;1-6H,7H2,(H,16,18);12H,3-11H2,1-2H3;12-13H,3-11H2,1-2H3;1-3H;1-4H2;1H. The number of halogens is 4. The number of nitrogens with zero attached hydrogens (tertiary/aromatic N) is 3. The first-order valence-corrected chi connectivity index (χ1v) is 47.6. The van der Waals surface area contributed by atoms with Crippen molar-refractivity contribution < 1.29 is 29.0 Å². The summed E-state index contributed by atoms with van der Waals surface area (Å²) < 4.78 is 5.56. The van der Waals surface area contributed by atoms with Crippen LogP contribution >= 0.6 is 114 Å². The Morgan fingerprint density at radius 2 is 0.830 bits per heavy atom. The van der Waals surface area contributed by atoms with Gasteiger partial charge in [0.1, 0.15) is 10.9 Å². The highest BCUT2D eigenvalue weighted by molar-refractivity contribution is 14.1. The van der Waals surface area contributed by atoms with Gasteiger partial charge in [0.25, 0.3) is 17.7 Å². The molecule has 9 heterocycles. The molecule has 1 aliphatic carbocycles. The van der Waals surface area contributed by atoms with E-state index in [2.05, 4.69) is 106 Å². The first-order valence-electron chi connectivity index (χ1n) is 40.4. The van der Waals surface area contributed by atoms with Crippen LogP contribution in [-0.2, 0) is 23.9 Å². The number of aliphatic hydroxyl groups is 1. The van der Waals surface area contributed by atoms with Crippen molar-refractivity contribution in [1.82, 2.24) is 15.1 Å². The lowest BCUT2D eigenvalue weighted by atomic mass is 9.94. The van der Waals surface area contributed by atoms with E-state index in [0.717, 1.165) is 99.0 Å². The predicted octanol–water partition coefficient (Wildman–Crippen LogP) is 27.6. The molecule has 19 heteroatoms. The van der Waals surface area contributed by atoms with Crippen LogP contribution in [0.15, 0.2) is 110 Å². The Bertz CT molecular complexity index is 3120. The predicted molar refractivity (Wildman–Crippen MR) is 470 cm³/mol. The molecule has 4 aliphatic heterocycles. The Morgan fingerprint density at radius 1 is 0.472 bits per heavy atom. The average Bonchev–Trinajstić information content (AvgIpc) is 1.60. The van der Waals surface area contributed by atoms with Gasteiger partial charge in [0.05, 0.1) is 54.0 Å². The molecule has 1 fully saturated rings. The van der Waals surface area contributed by atoms with E-state index >= 15 is 0 Å². The quantitative estimate of drug-likeness (QED) is 0.0225. The van der Waals surface area contributed by atoms with Crippen molar-refractivity contribution in [3.05, 3.63) is 134 Å². The molecule has 3 amide bonds. The lowest BCUT2D eigenvalue weighted by molar-refractivity contribution is -0.124. The SMILES string of the molecule is C1CCOC1.CCCCCCC(CCCC)CN1C(=O)C2=C(c3cccs3)N(CC(CCCC)CCCCCC)C(=O)C2=C1c1cccs1.CCCCCCC(CI)CCCC.CCCCCCC(CO)CCCC.ClC(Cl)Cl.N#Cc1cccs1.O=C1CC(c2cccs2)=C2C(=O)NC(c3cccs3)=C12. The summed E-state index contributed by atoms with van der Waals surface area (Å²) in [6, 6.07) is 21.7. The molecule has 0 bridgehead atoms. The van der Waals surface area contributed by atoms with E-state index in [-0.39, 0.29) is 23.5 Å². The van der Waals surface area contributed by atoms with Crippen molar-refractivity contribution in [2.45, 2.75) is 284 Å². The van der Waals surface area contributed by atoms with E-state index in [9.17, 15) is 19.2 Å². The Balaban J connectivity index is 0.000000312. The number of aliphatic hydroxyl groups excluding tert-OH is 1. The number of alkyl halides is 4. The van der Waals surface area contributed by atoms with Crippen LogP contribution in [0.4, 0.5) is 0 Å². The third kappa shape index (κ3) is 34.3. The lowest BCUT2D eigenvalue weighted by Crippen LogP contribution is -2.34. The zero-order chi connectivity index (χ0) is 77.1. The molecule has 0 spiro atoms. The van der Waals surface area contributed by atoms with Gasteiger partial charge >= 0.3 is 0 Å². The second-order valence-corrected chi connectivity index (χ2v) is 35.9. The number of thiophene rings is 5. The molecule has 590 valence electrons. The number of allylic oxidation sites excluding steroid dienone is 1. The fourth-order valence-corrected chi connectivity index (χ4v) is 18.3. The van der Waals surface area contributed by atoms with Crippen LogP contribution in [0.2, 0.25) is 0 Å². The van der Waals surface area contributed by atoms with E-state index < -0.39 is 4.30 Å². The third-order valence-electron chi connectivity index (χ3n) is 19.7. The van der Waals surface area contributed by atoms with E-state index in [1.54, 1.807) is 40.1 Å². The molecule has 5 aliphatic rings. The number of fused-ring (bicyclic) bond motifs is 2. The van der Waals surface area contributed by atoms with Crippen LogP contribution in [0.5, 0.6) is 0 Å². The van der Waals surface area contributed by atoms with Crippen molar-refractivity contribution in [2.75, 3.05) is 37.3 Å². The normalized spacial score (nSPS) is 15.5. The van der Waals surface area contributed by atoms with Crippen LogP contribution in [-0.4, -0.2) is 80.0 Å². The topological polar surface area (TPSA) is 140 Å². The fourth-order valence-electron chi connectivity index (χ4n) is 13.8. The average molecular weight is 1720 g/mol. The lowest BCUT2D eigenvalue weighted by Gasteiger charge is -2.29. The molecular formula is C87H128Cl3IN4O6S5. The Labute approximate surface area is 689 Å². The first kappa shape index (κ1) is 94.9. The molecule has 10 rings (SSSR count). The van der Waals surface area contributed by atoms with Gasteiger partial charge in [-0.05, 0) is 151 Å². The number of carbonyl (C=O) groups excluding carboxylic acids is 4. The van der Waals surface area contributed by atoms with Crippen molar-refractivity contribution in [2.24, 2.45) is 23.7 Å². The molecule has 10 nitrogen and oxygen atoms in total. The molecule has 4 atom stereocenters. The maximum Gasteiger partial charge on any atom is 0.261 e. The number of ketones is 1. The molecule has 106 heavy (non-hydrogen) atoms. The minimum Gasteiger partial charge on any atom is -0.396 e. The van der Waals surface area contributed by atoms with Gasteiger partial charge in [-0.15, -0.1) is 56.7 Å². The van der Waals surface area contributed by atoms with Crippen LogP contribution in [0.1, 0.15) is 305 Å². The second-order valence-electron chi connectivity index (χ2n) is 28.3. The van der Waals surface area contributed by atoms with Crippen molar-refractivity contribution in [3.8, 4) is 6.07 Å². The van der Waals surface area contributed by atoms with Gasteiger partial charge in [0.15, 0.2) is 10.1 Å². The Hall–Kier alpha value is -3.45. The number of amides is 3. The molecule has 1 saturated heterocycles. The van der Waals surface area contributed by atoms with Gasteiger partial charge in [-0.25, -0.2) is 0 Å². The zero-order valence-electron chi connectivity index (χ0n) is 65.4. The highest BCUT2D eigenvalue weighted by Gasteiger charge is 2.50. The van der Waals surface area contributed by atoms with Crippen LogP contribution in [0.3, 0.4) is 0 Å². The number of ether oxygens (including phenoxy) is 1. The first-order chi connectivity index (χ1) is 51.7.